The van der Waals surface area contributed by atoms with Gasteiger partial charge in [0, 0.05) is 32.4 Å². The number of hydrogen-bond donors (Lipinski definition) is 0. The highest BCUT2D eigenvalue weighted by molar-refractivity contribution is 5.68. The number of rotatable bonds is 2. The van der Waals surface area contributed by atoms with Crippen LogP contribution in [0.4, 0.5) is 15.0 Å². The van der Waals surface area contributed by atoms with Crippen molar-refractivity contribution in [3.05, 3.63) is 29.7 Å². The highest BCUT2D eigenvalue weighted by Gasteiger charge is 2.27. The molecule has 1 aliphatic heterocycles. The summed E-state index contributed by atoms with van der Waals surface area (Å²) in [5.41, 5.74) is 0.228. The number of amides is 1. The summed E-state index contributed by atoms with van der Waals surface area (Å²) in [4.78, 5) is 19.7. The van der Waals surface area contributed by atoms with E-state index in [0.29, 0.717) is 32.0 Å². The maximum Gasteiger partial charge on any atom is 0.410 e. The zero-order valence-electron chi connectivity index (χ0n) is 14.2. The van der Waals surface area contributed by atoms with Gasteiger partial charge in [-0.2, -0.15) is 0 Å². The fraction of sp³-hybridized carbons (Fsp3) is 0.529. The van der Waals surface area contributed by atoms with Crippen molar-refractivity contribution in [2.24, 2.45) is 0 Å². The molecule has 0 aromatic carbocycles. The third-order valence-corrected chi connectivity index (χ3v) is 3.43. The molecule has 1 aliphatic rings. The van der Waals surface area contributed by atoms with Gasteiger partial charge in [-0.25, -0.2) is 14.2 Å². The lowest BCUT2D eigenvalue weighted by Gasteiger charge is -2.36. The van der Waals surface area contributed by atoms with Gasteiger partial charge in [0.1, 0.15) is 5.60 Å². The molecule has 0 unspecified atom stereocenters. The first-order valence-electron chi connectivity index (χ1n) is 7.81. The Morgan fingerprint density at radius 3 is 2.48 bits per heavy atom. The van der Waals surface area contributed by atoms with Crippen LogP contribution in [0.2, 0.25) is 0 Å². The Bertz CT molecular complexity index is 588. The molecule has 23 heavy (non-hydrogen) atoms. The van der Waals surface area contributed by atoms with Gasteiger partial charge >= 0.3 is 6.09 Å². The molecule has 0 bridgehead atoms. The molecule has 2 heterocycles. The van der Waals surface area contributed by atoms with Crippen LogP contribution in [0.15, 0.2) is 18.3 Å². The maximum absolute atomic E-state index is 14.2. The Morgan fingerprint density at radius 2 is 1.96 bits per heavy atom. The Labute approximate surface area is 136 Å². The van der Waals surface area contributed by atoms with Gasteiger partial charge in [-0.15, -0.1) is 0 Å². The van der Waals surface area contributed by atoms with Gasteiger partial charge in [0.25, 0.3) is 0 Å². The first kappa shape index (κ1) is 17.2. The number of hydrogen-bond acceptors (Lipinski definition) is 4. The first-order valence-corrected chi connectivity index (χ1v) is 7.81. The SMILES string of the molecule is CC=Cc1cnc(N2CCN(C(=O)OC(C)(C)C)CC2)c(F)c1. The van der Waals surface area contributed by atoms with Gasteiger partial charge in [0.15, 0.2) is 11.6 Å². The van der Waals surface area contributed by atoms with Crippen LogP contribution < -0.4 is 4.90 Å². The Kier molecular flexibility index (Phi) is 5.23. The highest BCUT2D eigenvalue weighted by atomic mass is 19.1. The number of pyridine rings is 1. The summed E-state index contributed by atoms with van der Waals surface area (Å²) in [6.45, 7) is 9.45. The van der Waals surface area contributed by atoms with Crippen molar-refractivity contribution >= 4 is 18.0 Å². The molecule has 1 amide bonds. The van der Waals surface area contributed by atoms with Crippen LogP contribution in [0.5, 0.6) is 0 Å². The van der Waals surface area contributed by atoms with Crippen LogP contribution in [0.1, 0.15) is 33.3 Å². The number of aromatic nitrogens is 1. The standard InChI is InChI=1S/C17H24FN3O2/c1-5-6-13-11-14(18)15(19-12-13)20-7-9-21(10-8-20)16(22)23-17(2,3)4/h5-6,11-12H,7-10H2,1-4H3. The molecule has 1 aromatic rings. The number of piperazine rings is 1. The summed E-state index contributed by atoms with van der Waals surface area (Å²) in [6, 6.07) is 1.47. The van der Waals surface area contributed by atoms with Crippen molar-refractivity contribution < 1.29 is 13.9 Å². The molecule has 1 aromatic heterocycles. The molecule has 0 N–H and O–H groups in total. The summed E-state index contributed by atoms with van der Waals surface area (Å²) in [6.07, 6.45) is 4.98. The number of carbonyl (C=O) groups is 1. The van der Waals surface area contributed by atoms with Crippen molar-refractivity contribution in [1.29, 1.82) is 0 Å². The van der Waals surface area contributed by atoms with Crippen molar-refractivity contribution in [2.75, 3.05) is 31.1 Å². The largest absolute Gasteiger partial charge is 0.444 e. The minimum absolute atomic E-state index is 0.325. The lowest BCUT2D eigenvalue weighted by Crippen LogP contribution is -2.50. The van der Waals surface area contributed by atoms with Crippen LogP contribution in [-0.4, -0.2) is 47.8 Å². The molecule has 0 aliphatic carbocycles. The minimum atomic E-state index is -0.509. The second kappa shape index (κ2) is 6.98. The molecule has 0 spiro atoms. The van der Waals surface area contributed by atoms with E-state index < -0.39 is 5.60 Å². The van der Waals surface area contributed by atoms with Gasteiger partial charge in [-0.1, -0.05) is 12.2 Å². The Morgan fingerprint density at radius 1 is 1.30 bits per heavy atom. The van der Waals surface area contributed by atoms with E-state index in [0.717, 1.165) is 5.56 Å². The van der Waals surface area contributed by atoms with E-state index in [4.69, 9.17) is 4.74 Å². The van der Waals surface area contributed by atoms with Gasteiger partial charge in [0.2, 0.25) is 0 Å². The van der Waals surface area contributed by atoms with E-state index in [1.54, 1.807) is 17.2 Å². The summed E-state index contributed by atoms with van der Waals surface area (Å²) in [7, 11) is 0. The fourth-order valence-corrected chi connectivity index (χ4v) is 2.39. The predicted octanol–water partition coefficient (Wildman–Crippen LogP) is 3.31. The van der Waals surface area contributed by atoms with Crippen molar-refractivity contribution in [3.8, 4) is 0 Å². The zero-order valence-corrected chi connectivity index (χ0v) is 14.2. The predicted molar refractivity (Wildman–Crippen MR) is 88.9 cm³/mol. The molecule has 1 fully saturated rings. The van der Waals surface area contributed by atoms with Gasteiger partial charge in [-0.3, -0.25) is 0 Å². The minimum Gasteiger partial charge on any atom is -0.444 e. The quantitative estimate of drug-likeness (QED) is 0.838. The number of carbonyl (C=O) groups excluding carboxylic acids is 1. The monoisotopic (exact) mass is 321 g/mol. The number of nitrogens with zero attached hydrogens (tertiary/aromatic N) is 3. The molecule has 2 rings (SSSR count). The van der Waals surface area contributed by atoms with Crippen molar-refractivity contribution in [2.45, 2.75) is 33.3 Å². The summed E-state index contributed by atoms with van der Waals surface area (Å²) in [5, 5.41) is 0. The van der Waals surface area contributed by atoms with Crippen LogP contribution in [0, 0.1) is 5.82 Å². The topological polar surface area (TPSA) is 45.7 Å². The lowest BCUT2D eigenvalue weighted by atomic mass is 10.2. The third-order valence-electron chi connectivity index (χ3n) is 3.43. The molecular formula is C17H24FN3O2. The number of allylic oxidation sites excluding steroid dienone is 1. The van der Waals surface area contributed by atoms with Gasteiger partial charge in [0.05, 0.1) is 0 Å². The average molecular weight is 321 g/mol. The molecular weight excluding hydrogens is 297 g/mol. The van der Waals surface area contributed by atoms with Crippen LogP contribution in [-0.2, 0) is 4.74 Å². The normalized spacial score (nSPS) is 16.0. The van der Waals surface area contributed by atoms with Gasteiger partial charge < -0.3 is 14.5 Å². The lowest BCUT2D eigenvalue weighted by molar-refractivity contribution is 0.0240. The van der Waals surface area contributed by atoms with Crippen LogP contribution in [0.3, 0.4) is 0 Å². The summed E-state index contributed by atoms with van der Waals surface area (Å²) < 4.78 is 19.5. The number of ether oxygens (including phenoxy) is 1. The van der Waals surface area contributed by atoms with E-state index >= 15 is 0 Å². The first-order chi connectivity index (χ1) is 10.8. The van der Waals surface area contributed by atoms with Crippen molar-refractivity contribution in [3.63, 3.8) is 0 Å². The zero-order chi connectivity index (χ0) is 17.0. The summed E-state index contributed by atoms with van der Waals surface area (Å²) >= 11 is 0. The average Bonchev–Trinajstić information content (AvgIpc) is 2.46. The molecule has 0 saturated carbocycles. The molecule has 126 valence electrons. The molecule has 0 atom stereocenters. The highest BCUT2D eigenvalue weighted by Crippen LogP contribution is 2.20. The molecule has 5 nitrogen and oxygen atoms in total. The number of anilines is 1. The van der Waals surface area contributed by atoms with Crippen LogP contribution in [0.25, 0.3) is 6.08 Å². The van der Waals surface area contributed by atoms with Crippen LogP contribution >= 0.6 is 0 Å². The smallest absolute Gasteiger partial charge is 0.410 e. The Balaban J connectivity index is 1.98. The molecule has 6 heteroatoms. The Hall–Kier alpha value is -2.11. The number of halogens is 1. The second-order valence-electron chi connectivity index (χ2n) is 6.53. The van der Waals surface area contributed by atoms with E-state index in [1.807, 2.05) is 38.7 Å². The van der Waals surface area contributed by atoms with Crippen molar-refractivity contribution in [1.82, 2.24) is 9.88 Å². The fourth-order valence-electron chi connectivity index (χ4n) is 2.39. The van der Waals surface area contributed by atoms with E-state index in [1.165, 1.54) is 6.07 Å². The van der Waals surface area contributed by atoms with E-state index in [2.05, 4.69) is 4.98 Å². The maximum atomic E-state index is 14.2. The van der Waals surface area contributed by atoms with E-state index in [-0.39, 0.29) is 11.9 Å². The van der Waals surface area contributed by atoms with E-state index in [9.17, 15) is 9.18 Å². The molecule has 1 saturated heterocycles. The second-order valence-corrected chi connectivity index (χ2v) is 6.53. The summed E-state index contributed by atoms with van der Waals surface area (Å²) in [5.74, 6) is -0.00610. The third kappa shape index (κ3) is 4.68. The van der Waals surface area contributed by atoms with Gasteiger partial charge in [-0.05, 0) is 39.3 Å². The molecule has 0 radical (unpaired) electrons.